The second kappa shape index (κ2) is 6.16. The highest BCUT2D eigenvalue weighted by atomic mass is 32.2. The zero-order valence-electron chi connectivity index (χ0n) is 12.0. The van der Waals surface area contributed by atoms with Crippen LogP contribution in [0.5, 0.6) is 0 Å². The van der Waals surface area contributed by atoms with E-state index in [2.05, 4.69) is 0 Å². The van der Waals surface area contributed by atoms with E-state index in [1.807, 2.05) is 60.7 Å². The Morgan fingerprint density at radius 2 is 1.45 bits per heavy atom. The predicted octanol–water partition coefficient (Wildman–Crippen LogP) is 4.37. The monoisotopic (exact) mass is 308 g/mol. The van der Waals surface area contributed by atoms with Gasteiger partial charge in [0.2, 0.25) is 0 Å². The third kappa shape index (κ3) is 3.26. The van der Waals surface area contributed by atoms with Gasteiger partial charge in [0, 0.05) is 5.41 Å². The van der Waals surface area contributed by atoms with Gasteiger partial charge in [0.05, 0.1) is 4.90 Å². The molecule has 2 nitrogen and oxygen atoms in total. The first-order valence-electron chi connectivity index (χ1n) is 7.09. The number of benzene rings is 3. The van der Waals surface area contributed by atoms with Crippen LogP contribution in [-0.2, 0) is 16.3 Å². The number of hydrogen-bond donors (Lipinski definition) is 0. The zero-order valence-corrected chi connectivity index (χ0v) is 12.8. The van der Waals surface area contributed by atoms with Gasteiger partial charge in [-0.25, -0.2) is 8.42 Å². The summed E-state index contributed by atoms with van der Waals surface area (Å²) in [7, 11) is -3.40. The van der Waals surface area contributed by atoms with E-state index < -0.39 is 9.84 Å². The first kappa shape index (κ1) is 14.5. The molecular formula is C19H16O2S. The lowest BCUT2D eigenvalue weighted by Gasteiger charge is -2.02. The Bertz CT molecular complexity index is 910. The summed E-state index contributed by atoms with van der Waals surface area (Å²) in [5, 5.41) is 3.26. The molecule has 110 valence electrons. The number of fused-ring (bicyclic) bond motifs is 1. The average molecular weight is 308 g/mol. The first-order valence-corrected chi connectivity index (χ1v) is 8.64. The maximum absolute atomic E-state index is 12.4. The van der Waals surface area contributed by atoms with Crippen molar-refractivity contribution in [1.82, 2.24) is 0 Å². The maximum atomic E-state index is 12.4. The Balaban J connectivity index is 1.85. The third-order valence-electron chi connectivity index (χ3n) is 3.52. The highest BCUT2D eigenvalue weighted by molar-refractivity contribution is 7.94. The maximum Gasteiger partial charge on any atom is 0.199 e. The van der Waals surface area contributed by atoms with E-state index in [9.17, 15) is 8.42 Å². The Kier molecular flexibility index (Phi) is 4.07. The molecule has 0 unspecified atom stereocenters. The van der Waals surface area contributed by atoms with E-state index >= 15 is 0 Å². The zero-order chi connectivity index (χ0) is 15.4. The minimum atomic E-state index is -3.40. The molecule has 0 saturated carbocycles. The lowest BCUT2D eigenvalue weighted by Crippen LogP contribution is -1.96. The molecule has 0 heterocycles. The van der Waals surface area contributed by atoms with Crippen LogP contribution in [0.1, 0.15) is 5.56 Å². The van der Waals surface area contributed by atoms with Crippen molar-refractivity contribution in [3.63, 3.8) is 0 Å². The molecule has 0 saturated heterocycles. The van der Waals surface area contributed by atoms with Crippen LogP contribution in [0.3, 0.4) is 0 Å². The van der Waals surface area contributed by atoms with Crippen LogP contribution >= 0.6 is 0 Å². The molecule has 0 aromatic heterocycles. The van der Waals surface area contributed by atoms with Gasteiger partial charge in [0.25, 0.3) is 0 Å². The fourth-order valence-corrected chi connectivity index (χ4v) is 3.40. The van der Waals surface area contributed by atoms with Gasteiger partial charge in [0.1, 0.15) is 0 Å². The molecule has 3 rings (SSSR count). The molecule has 0 aliphatic rings. The summed E-state index contributed by atoms with van der Waals surface area (Å²) in [6.45, 7) is 0. The second-order valence-electron chi connectivity index (χ2n) is 5.12. The van der Waals surface area contributed by atoms with Crippen molar-refractivity contribution in [2.24, 2.45) is 0 Å². The Morgan fingerprint density at radius 1 is 0.773 bits per heavy atom. The Labute approximate surface area is 130 Å². The van der Waals surface area contributed by atoms with Gasteiger partial charge < -0.3 is 0 Å². The molecular weight excluding hydrogens is 292 g/mol. The van der Waals surface area contributed by atoms with Crippen molar-refractivity contribution in [2.75, 3.05) is 0 Å². The third-order valence-corrected chi connectivity index (χ3v) is 4.98. The Morgan fingerprint density at radius 3 is 2.23 bits per heavy atom. The largest absolute Gasteiger partial charge is 0.219 e. The fourth-order valence-electron chi connectivity index (χ4n) is 2.35. The summed E-state index contributed by atoms with van der Waals surface area (Å²) < 4.78 is 24.8. The summed E-state index contributed by atoms with van der Waals surface area (Å²) in [5.41, 5.74) is 1.09. The molecule has 0 radical (unpaired) electrons. The summed E-state index contributed by atoms with van der Waals surface area (Å²) in [6, 6.07) is 22.7. The lowest BCUT2D eigenvalue weighted by atomic mass is 10.1. The highest BCUT2D eigenvalue weighted by Crippen LogP contribution is 2.20. The van der Waals surface area contributed by atoms with Crippen molar-refractivity contribution in [3.8, 4) is 0 Å². The molecule has 0 aliphatic carbocycles. The molecule has 0 spiro atoms. The van der Waals surface area contributed by atoms with Gasteiger partial charge in [-0.15, -0.1) is 0 Å². The summed E-state index contributed by atoms with van der Waals surface area (Å²) in [5.74, 6) is 0. The molecule has 0 N–H and O–H groups in total. The first-order chi connectivity index (χ1) is 10.6. The van der Waals surface area contributed by atoms with Crippen LogP contribution in [-0.4, -0.2) is 8.42 Å². The van der Waals surface area contributed by atoms with Crippen molar-refractivity contribution < 1.29 is 8.42 Å². The van der Waals surface area contributed by atoms with Crippen LogP contribution in [0.2, 0.25) is 0 Å². The van der Waals surface area contributed by atoms with Crippen molar-refractivity contribution in [2.45, 2.75) is 11.3 Å². The molecule has 3 aromatic rings. The van der Waals surface area contributed by atoms with Gasteiger partial charge in [-0.1, -0.05) is 66.7 Å². The summed E-state index contributed by atoms with van der Waals surface area (Å²) in [4.78, 5) is 0.329. The standard InChI is InChI=1S/C19H16O2S/c20-22(21,14-6-9-16-7-2-1-3-8-16)19-13-12-17-10-4-5-11-18(17)15-19/h1-8,10-15H,9H2/b14-6-. The number of sulfone groups is 1. The van der Waals surface area contributed by atoms with E-state index in [0.717, 1.165) is 16.3 Å². The van der Waals surface area contributed by atoms with Crippen LogP contribution < -0.4 is 0 Å². The van der Waals surface area contributed by atoms with Gasteiger partial charge in [0.15, 0.2) is 9.84 Å². The van der Waals surface area contributed by atoms with Gasteiger partial charge in [-0.05, 0) is 34.9 Å². The topological polar surface area (TPSA) is 34.1 Å². The fraction of sp³-hybridized carbons (Fsp3) is 0.0526. The lowest BCUT2D eigenvalue weighted by molar-refractivity contribution is 0.604. The molecule has 0 bridgehead atoms. The average Bonchev–Trinajstić information content (AvgIpc) is 2.55. The minimum Gasteiger partial charge on any atom is -0.219 e. The SMILES string of the molecule is O=S(=O)(/C=C\Cc1ccccc1)c1ccc2ccccc2c1. The van der Waals surface area contributed by atoms with Crippen molar-refractivity contribution in [3.05, 3.63) is 89.8 Å². The van der Waals surface area contributed by atoms with Gasteiger partial charge in [-0.2, -0.15) is 0 Å². The predicted molar refractivity (Wildman–Crippen MR) is 90.4 cm³/mol. The molecule has 3 heteroatoms. The van der Waals surface area contributed by atoms with Gasteiger partial charge >= 0.3 is 0 Å². The molecule has 0 aliphatic heterocycles. The van der Waals surface area contributed by atoms with E-state index in [1.54, 1.807) is 18.2 Å². The summed E-state index contributed by atoms with van der Waals surface area (Å²) in [6.07, 6.45) is 2.30. The molecule has 3 aromatic carbocycles. The number of allylic oxidation sites excluding steroid dienone is 1. The number of hydrogen-bond acceptors (Lipinski definition) is 2. The normalized spacial score (nSPS) is 12.0. The molecule has 0 amide bonds. The summed E-state index contributed by atoms with van der Waals surface area (Å²) >= 11 is 0. The number of rotatable bonds is 4. The minimum absolute atomic E-state index is 0.329. The Hall–Kier alpha value is -2.39. The molecule has 22 heavy (non-hydrogen) atoms. The highest BCUT2D eigenvalue weighted by Gasteiger charge is 2.10. The van der Waals surface area contributed by atoms with Crippen LogP contribution in [0.15, 0.2) is 89.2 Å². The van der Waals surface area contributed by atoms with Crippen molar-refractivity contribution >= 4 is 20.6 Å². The molecule has 0 atom stereocenters. The van der Waals surface area contributed by atoms with Crippen LogP contribution in [0, 0.1) is 0 Å². The van der Waals surface area contributed by atoms with E-state index in [0.29, 0.717) is 11.3 Å². The van der Waals surface area contributed by atoms with Crippen LogP contribution in [0.4, 0.5) is 0 Å². The van der Waals surface area contributed by atoms with E-state index in [1.165, 1.54) is 5.41 Å². The van der Waals surface area contributed by atoms with Crippen molar-refractivity contribution in [1.29, 1.82) is 0 Å². The van der Waals surface area contributed by atoms with Gasteiger partial charge in [-0.3, -0.25) is 0 Å². The quantitative estimate of drug-likeness (QED) is 0.717. The second-order valence-corrected chi connectivity index (χ2v) is 6.95. The molecule has 0 fully saturated rings. The van der Waals surface area contributed by atoms with E-state index in [-0.39, 0.29) is 0 Å². The van der Waals surface area contributed by atoms with Crippen LogP contribution in [0.25, 0.3) is 10.8 Å². The smallest absolute Gasteiger partial charge is 0.199 e. The van der Waals surface area contributed by atoms with E-state index in [4.69, 9.17) is 0 Å².